The van der Waals surface area contributed by atoms with Crippen LogP contribution in [0.15, 0.2) is 82.5 Å². The Bertz CT molecular complexity index is 1580. The number of fused-ring (bicyclic) bond motifs is 1. The van der Waals surface area contributed by atoms with Gasteiger partial charge < -0.3 is 9.26 Å². The molecule has 172 valence electrons. The number of rotatable bonds is 7. The number of hydrogen-bond acceptors (Lipinski definition) is 7. The van der Waals surface area contributed by atoms with Crippen LogP contribution in [0.25, 0.3) is 27.8 Å². The summed E-state index contributed by atoms with van der Waals surface area (Å²) in [6.45, 7) is 0.247. The number of hydrogen-bond donors (Lipinski definition) is 0. The van der Waals surface area contributed by atoms with E-state index in [1.807, 2.05) is 12.1 Å². The first kappa shape index (κ1) is 22.3. The molecule has 0 radical (unpaired) electrons. The second-order valence-corrected chi connectivity index (χ2v) is 10.0. The summed E-state index contributed by atoms with van der Waals surface area (Å²) in [5.41, 5.74) is 3.41. The van der Waals surface area contributed by atoms with Crippen molar-refractivity contribution in [2.24, 2.45) is 0 Å². The van der Waals surface area contributed by atoms with Crippen molar-refractivity contribution in [1.82, 2.24) is 19.9 Å². The third-order valence-electron chi connectivity index (χ3n) is 5.33. The number of pyridine rings is 1. The van der Waals surface area contributed by atoms with Gasteiger partial charge in [-0.1, -0.05) is 35.0 Å². The SMILES string of the molecule is COCc1c(-c2cc(CS(=O)(=O)c3ccccc3)on2)cnn1-c1ccnc2cc(Cl)ccc12. The number of sulfone groups is 1. The van der Waals surface area contributed by atoms with E-state index in [4.69, 9.17) is 20.9 Å². The quantitative estimate of drug-likeness (QED) is 0.319. The van der Waals surface area contributed by atoms with Gasteiger partial charge in [0, 0.05) is 35.3 Å². The van der Waals surface area contributed by atoms with Gasteiger partial charge in [-0.25, -0.2) is 13.1 Å². The maximum atomic E-state index is 12.7. The molecule has 34 heavy (non-hydrogen) atoms. The summed E-state index contributed by atoms with van der Waals surface area (Å²) < 4.78 is 38.0. The molecule has 2 aromatic carbocycles. The molecule has 0 aliphatic heterocycles. The molecular formula is C24H19ClN4O4S. The summed E-state index contributed by atoms with van der Waals surface area (Å²) in [7, 11) is -1.98. The summed E-state index contributed by atoms with van der Waals surface area (Å²) in [6, 6.07) is 17.2. The molecule has 0 aliphatic rings. The lowest BCUT2D eigenvalue weighted by Crippen LogP contribution is -2.05. The van der Waals surface area contributed by atoms with Gasteiger partial charge >= 0.3 is 0 Å². The molecule has 0 atom stereocenters. The Morgan fingerprint density at radius 1 is 1.09 bits per heavy atom. The van der Waals surface area contributed by atoms with E-state index in [1.165, 1.54) is 0 Å². The van der Waals surface area contributed by atoms with Crippen molar-refractivity contribution in [2.45, 2.75) is 17.3 Å². The van der Waals surface area contributed by atoms with Crippen LogP contribution in [-0.2, 0) is 26.9 Å². The molecule has 0 amide bonds. The van der Waals surface area contributed by atoms with Gasteiger partial charge in [-0.05, 0) is 36.4 Å². The van der Waals surface area contributed by atoms with Crippen molar-refractivity contribution >= 4 is 32.3 Å². The zero-order chi connectivity index (χ0) is 23.7. The highest BCUT2D eigenvalue weighted by molar-refractivity contribution is 7.90. The predicted molar refractivity (Wildman–Crippen MR) is 127 cm³/mol. The van der Waals surface area contributed by atoms with Crippen LogP contribution < -0.4 is 0 Å². The van der Waals surface area contributed by atoms with Crippen molar-refractivity contribution in [1.29, 1.82) is 0 Å². The predicted octanol–water partition coefficient (Wildman–Crippen LogP) is 4.85. The Balaban J connectivity index is 1.53. The van der Waals surface area contributed by atoms with E-state index in [-0.39, 0.29) is 23.0 Å². The molecule has 0 fully saturated rings. The van der Waals surface area contributed by atoms with Crippen molar-refractivity contribution in [2.75, 3.05) is 7.11 Å². The summed E-state index contributed by atoms with van der Waals surface area (Å²) in [5.74, 6) is -0.0629. The van der Waals surface area contributed by atoms with E-state index < -0.39 is 9.84 Å². The van der Waals surface area contributed by atoms with Gasteiger partial charge in [-0.3, -0.25) is 4.98 Å². The summed E-state index contributed by atoms with van der Waals surface area (Å²) in [6.07, 6.45) is 3.35. The van der Waals surface area contributed by atoms with Crippen LogP contribution in [0.1, 0.15) is 11.5 Å². The molecule has 0 unspecified atom stereocenters. The Kier molecular flexibility index (Phi) is 5.91. The number of halogens is 1. The molecule has 8 nitrogen and oxygen atoms in total. The highest BCUT2D eigenvalue weighted by Crippen LogP contribution is 2.30. The maximum absolute atomic E-state index is 12.7. The van der Waals surface area contributed by atoms with Crippen LogP contribution in [-0.4, -0.2) is 35.4 Å². The molecule has 5 rings (SSSR count). The van der Waals surface area contributed by atoms with Gasteiger partial charge in [-0.2, -0.15) is 5.10 Å². The van der Waals surface area contributed by atoms with Gasteiger partial charge in [0.1, 0.15) is 11.4 Å². The molecule has 10 heteroatoms. The van der Waals surface area contributed by atoms with Gasteiger partial charge in [0.2, 0.25) is 0 Å². The van der Waals surface area contributed by atoms with Crippen molar-refractivity contribution < 1.29 is 17.7 Å². The number of aromatic nitrogens is 4. The standard InChI is InChI=1S/C24H19ClN4O4S/c1-32-14-24-20(13-27-29(24)23-9-10-26-21-11-16(25)7-8-19(21)23)22-12-17(33-28-22)15-34(30,31)18-5-3-2-4-6-18/h2-13H,14-15H2,1H3. The molecule has 3 aromatic heterocycles. The average molecular weight is 495 g/mol. The lowest BCUT2D eigenvalue weighted by Gasteiger charge is -2.11. The van der Waals surface area contributed by atoms with Crippen LogP contribution in [0.3, 0.4) is 0 Å². The van der Waals surface area contributed by atoms with E-state index >= 15 is 0 Å². The molecule has 0 aliphatic carbocycles. The van der Waals surface area contributed by atoms with E-state index in [0.717, 1.165) is 22.3 Å². The zero-order valence-electron chi connectivity index (χ0n) is 18.1. The Hall–Kier alpha value is -3.53. The molecule has 0 saturated carbocycles. The second kappa shape index (κ2) is 9.02. The molecule has 0 bridgehead atoms. The minimum Gasteiger partial charge on any atom is -0.378 e. The third-order valence-corrected chi connectivity index (χ3v) is 7.22. The molecule has 0 N–H and O–H groups in total. The molecule has 0 spiro atoms. The molecule has 5 aromatic rings. The highest BCUT2D eigenvalue weighted by Gasteiger charge is 2.22. The summed E-state index contributed by atoms with van der Waals surface area (Å²) in [5, 5.41) is 10.1. The van der Waals surface area contributed by atoms with Crippen molar-refractivity contribution in [3.8, 4) is 16.9 Å². The third kappa shape index (κ3) is 4.21. The van der Waals surface area contributed by atoms with Crippen LogP contribution in [0, 0.1) is 0 Å². The number of ether oxygens (including phenoxy) is 1. The average Bonchev–Trinajstić information content (AvgIpc) is 3.46. The van der Waals surface area contributed by atoms with Gasteiger partial charge in [0.25, 0.3) is 0 Å². The van der Waals surface area contributed by atoms with Crippen molar-refractivity contribution in [3.05, 3.63) is 89.5 Å². The minimum absolute atomic E-state index is 0.227. The van der Waals surface area contributed by atoms with Crippen molar-refractivity contribution in [3.63, 3.8) is 0 Å². The fourth-order valence-corrected chi connectivity index (χ4v) is 5.18. The topological polar surface area (TPSA) is 100 Å². The number of methoxy groups -OCH3 is 1. The lowest BCUT2D eigenvalue weighted by molar-refractivity contribution is 0.179. The Morgan fingerprint density at radius 2 is 1.91 bits per heavy atom. The zero-order valence-corrected chi connectivity index (χ0v) is 19.6. The molecule has 3 heterocycles. The molecular weight excluding hydrogens is 476 g/mol. The monoisotopic (exact) mass is 494 g/mol. The summed E-state index contributed by atoms with van der Waals surface area (Å²) >= 11 is 6.13. The fourth-order valence-electron chi connectivity index (χ4n) is 3.77. The van der Waals surface area contributed by atoms with Gasteiger partial charge in [0.15, 0.2) is 15.6 Å². The van der Waals surface area contributed by atoms with Crippen LogP contribution in [0.5, 0.6) is 0 Å². The van der Waals surface area contributed by atoms with Crippen LogP contribution >= 0.6 is 11.6 Å². The Labute approximate surface area is 200 Å². The van der Waals surface area contributed by atoms with E-state index in [9.17, 15) is 8.42 Å². The summed E-state index contributed by atoms with van der Waals surface area (Å²) in [4.78, 5) is 4.62. The lowest BCUT2D eigenvalue weighted by atomic mass is 10.1. The highest BCUT2D eigenvalue weighted by atomic mass is 35.5. The van der Waals surface area contributed by atoms with Gasteiger partial charge in [-0.15, -0.1) is 0 Å². The van der Waals surface area contributed by atoms with E-state index in [2.05, 4.69) is 15.2 Å². The first-order chi connectivity index (χ1) is 16.5. The first-order valence-electron chi connectivity index (χ1n) is 10.3. The van der Waals surface area contributed by atoms with Crippen LogP contribution in [0.4, 0.5) is 0 Å². The maximum Gasteiger partial charge on any atom is 0.185 e. The van der Waals surface area contributed by atoms with Gasteiger partial charge in [0.05, 0.1) is 34.6 Å². The van der Waals surface area contributed by atoms with E-state index in [1.54, 1.807) is 72.7 Å². The first-order valence-corrected chi connectivity index (χ1v) is 12.3. The minimum atomic E-state index is -3.57. The Morgan fingerprint density at radius 3 is 2.71 bits per heavy atom. The van der Waals surface area contributed by atoms with Crippen LogP contribution in [0.2, 0.25) is 5.02 Å². The van der Waals surface area contributed by atoms with E-state index in [0.29, 0.717) is 16.3 Å². The largest absolute Gasteiger partial charge is 0.378 e. The normalized spacial score (nSPS) is 11.8. The smallest absolute Gasteiger partial charge is 0.185 e. The molecule has 0 saturated heterocycles. The second-order valence-electron chi connectivity index (χ2n) is 7.59. The fraction of sp³-hybridized carbons (Fsp3) is 0.125. The number of benzene rings is 2. The number of nitrogens with zero attached hydrogens (tertiary/aromatic N) is 4.